The Morgan fingerprint density at radius 2 is 1.78 bits per heavy atom. The molecule has 7 nitrogen and oxygen atoms in total. The van der Waals surface area contributed by atoms with Crippen molar-refractivity contribution in [2.24, 2.45) is 11.6 Å². The van der Waals surface area contributed by atoms with E-state index in [-0.39, 0.29) is 6.04 Å². The average Bonchev–Trinajstić information content (AvgIpc) is 2.72. The van der Waals surface area contributed by atoms with Gasteiger partial charge >= 0.3 is 0 Å². The standard InChI is InChI=1S/C25H38N6O/c1-18-15-19(2)17-22(16-18)32-24-8-6-7-23(28-24)25(20(3)26)31(27)21-9-11-30(12-10-21)14-13-29(4)5/h6-8,15-17,21H,9-14,26-27H2,1-5H3/b25-20-. The van der Waals surface area contributed by atoms with Gasteiger partial charge in [-0.1, -0.05) is 12.1 Å². The molecule has 2 heterocycles. The lowest BCUT2D eigenvalue weighted by Crippen LogP contribution is -2.48. The lowest BCUT2D eigenvalue weighted by Gasteiger charge is -2.38. The molecule has 2 aromatic rings. The lowest BCUT2D eigenvalue weighted by molar-refractivity contribution is 0.140. The summed E-state index contributed by atoms with van der Waals surface area (Å²) in [5, 5.41) is 1.82. The highest BCUT2D eigenvalue weighted by molar-refractivity contribution is 5.63. The van der Waals surface area contributed by atoms with E-state index in [1.54, 1.807) is 0 Å². The Kier molecular flexibility index (Phi) is 8.12. The summed E-state index contributed by atoms with van der Waals surface area (Å²) in [5.41, 5.74) is 10.7. The van der Waals surface area contributed by atoms with Crippen LogP contribution in [0, 0.1) is 13.8 Å². The Hall–Kier alpha value is -2.61. The van der Waals surface area contributed by atoms with Crippen molar-refractivity contribution < 1.29 is 4.74 Å². The van der Waals surface area contributed by atoms with Gasteiger partial charge < -0.3 is 25.3 Å². The second-order valence-corrected chi connectivity index (χ2v) is 9.10. The number of aromatic nitrogens is 1. The van der Waals surface area contributed by atoms with E-state index in [0.29, 0.717) is 11.6 Å². The zero-order chi connectivity index (χ0) is 23.3. The van der Waals surface area contributed by atoms with Gasteiger partial charge in [0.05, 0.1) is 11.4 Å². The Bertz CT molecular complexity index is 910. The summed E-state index contributed by atoms with van der Waals surface area (Å²) in [4.78, 5) is 9.45. The number of allylic oxidation sites excluding steroid dienone is 1. The summed E-state index contributed by atoms with van der Waals surface area (Å²) >= 11 is 0. The number of benzene rings is 1. The van der Waals surface area contributed by atoms with Gasteiger partial charge in [0.25, 0.3) is 0 Å². The molecule has 0 radical (unpaired) electrons. The molecule has 1 aliphatic heterocycles. The largest absolute Gasteiger partial charge is 0.439 e. The van der Waals surface area contributed by atoms with Crippen molar-refractivity contribution in [3.63, 3.8) is 0 Å². The number of nitrogens with two attached hydrogens (primary N) is 2. The number of hydrogen-bond donors (Lipinski definition) is 2. The summed E-state index contributed by atoms with van der Waals surface area (Å²) in [6.07, 6.45) is 2.00. The van der Waals surface area contributed by atoms with Crippen LogP contribution in [0.15, 0.2) is 42.1 Å². The third kappa shape index (κ3) is 6.45. The number of hydrazine groups is 1. The topological polar surface area (TPSA) is 83.9 Å². The average molecular weight is 439 g/mol. The van der Waals surface area contributed by atoms with E-state index in [1.165, 1.54) is 0 Å². The van der Waals surface area contributed by atoms with Crippen LogP contribution in [0.1, 0.15) is 36.6 Å². The molecule has 0 unspecified atom stereocenters. The van der Waals surface area contributed by atoms with Crippen LogP contribution in [0.2, 0.25) is 0 Å². The predicted molar refractivity (Wildman–Crippen MR) is 131 cm³/mol. The van der Waals surface area contributed by atoms with Gasteiger partial charge in [-0.3, -0.25) is 0 Å². The van der Waals surface area contributed by atoms with Gasteiger partial charge in [-0.05, 0) is 77.0 Å². The molecular formula is C25H38N6O. The number of ether oxygens (including phenoxy) is 1. The maximum Gasteiger partial charge on any atom is 0.219 e. The number of likely N-dealkylation sites (N-methyl/N-ethyl adjacent to an activating group) is 1. The fourth-order valence-corrected chi connectivity index (χ4v) is 4.20. The van der Waals surface area contributed by atoms with Crippen molar-refractivity contribution in [1.29, 1.82) is 0 Å². The third-order valence-electron chi connectivity index (χ3n) is 5.83. The molecular weight excluding hydrogens is 400 g/mol. The summed E-state index contributed by atoms with van der Waals surface area (Å²) in [6, 6.07) is 12.1. The van der Waals surface area contributed by atoms with Gasteiger partial charge in [-0.2, -0.15) is 0 Å². The summed E-state index contributed by atoms with van der Waals surface area (Å²) in [7, 11) is 4.22. The van der Waals surface area contributed by atoms with Crippen LogP contribution in [0.5, 0.6) is 11.6 Å². The van der Waals surface area contributed by atoms with Crippen molar-refractivity contribution in [3.05, 3.63) is 58.9 Å². The van der Waals surface area contributed by atoms with E-state index < -0.39 is 0 Å². The summed E-state index contributed by atoms with van der Waals surface area (Å²) < 4.78 is 6.05. The van der Waals surface area contributed by atoms with E-state index >= 15 is 0 Å². The van der Waals surface area contributed by atoms with Crippen molar-refractivity contribution in [3.8, 4) is 11.6 Å². The molecule has 1 aromatic heterocycles. The first-order valence-corrected chi connectivity index (χ1v) is 11.3. The molecule has 1 fully saturated rings. The fraction of sp³-hybridized carbons (Fsp3) is 0.480. The van der Waals surface area contributed by atoms with Gasteiger partial charge in [-0.25, -0.2) is 10.8 Å². The minimum atomic E-state index is 0.227. The van der Waals surface area contributed by atoms with Crippen LogP contribution in [0.25, 0.3) is 5.70 Å². The first-order valence-electron chi connectivity index (χ1n) is 11.3. The molecule has 1 aliphatic rings. The van der Waals surface area contributed by atoms with Crippen molar-refractivity contribution in [1.82, 2.24) is 19.8 Å². The van der Waals surface area contributed by atoms with Gasteiger partial charge in [0, 0.05) is 44.0 Å². The highest BCUT2D eigenvalue weighted by atomic mass is 16.5. The van der Waals surface area contributed by atoms with Crippen LogP contribution in [0.3, 0.4) is 0 Å². The molecule has 0 aliphatic carbocycles. The normalized spacial score (nSPS) is 16.2. The molecule has 32 heavy (non-hydrogen) atoms. The van der Waals surface area contributed by atoms with Crippen molar-refractivity contribution >= 4 is 5.70 Å². The Balaban J connectivity index is 1.72. The van der Waals surface area contributed by atoms with Crippen LogP contribution in [-0.4, -0.2) is 66.1 Å². The molecule has 7 heteroatoms. The molecule has 0 amide bonds. The van der Waals surface area contributed by atoms with E-state index in [2.05, 4.69) is 43.8 Å². The minimum absolute atomic E-state index is 0.227. The molecule has 0 atom stereocenters. The number of piperidine rings is 1. The Labute approximate surface area is 192 Å². The number of aryl methyl sites for hydroxylation is 2. The number of likely N-dealkylation sites (tertiary alicyclic amines) is 1. The smallest absolute Gasteiger partial charge is 0.219 e. The number of rotatable bonds is 8. The monoisotopic (exact) mass is 438 g/mol. The van der Waals surface area contributed by atoms with Crippen LogP contribution >= 0.6 is 0 Å². The zero-order valence-corrected chi connectivity index (χ0v) is 20.1. The Morgan fingerprint density at radius 1 is 1.12 bits per heavy atom. The van der Waals surface area contributed by atoms with Gasteiger partial charge in [0.1, 0.15) is 5.75 Å². The van der Waals surface area contributed by atoms with Crippen LogP contribution < -0.4 is 16.3 Å². The number of pyridine rings is 1. The highest BCUT2D eigenvalue weighted by Gasteiger charge is 2.26. The first-order chi connectivity index (χ1) is 15.2. The zero-order valence-electron chi connectivity index (χ0n) is 20.1. The quantitative estimate of drug-likeness (QED) is 0.483. The number of hydrogen-bond acceptors (Lipinski definition) is 7. The third-order valence-corrected chi connectivity index (χ3v) is 5.83. The molecule has 174 valence electrons. The molecule has 0 spiro atoms. The van der Waals surface area contributed by atoms with Crippen molar-refractivity contribution in [2.45, 2.75) is 39.7 Å². The summed E-state index contributed by atoms with van der Waals surface area (Å²) in [6.45, 7) is 10.2. The maximum atomic E-state index is 6.62. The Morgan fingerprint density at radius 3 is 2.38 bits per heavy atom. The highest BCUT2D eigenvalue weighted by Crippen LogP contribution is 2.27. The molecule has 4 N–H and O–H groups in total. The van der Waals surface area contributed by atoms with Crippen LogP contribution in [-0.2, 0) is 0 Å². The molecule has 1 saturated heterocycles. The fourth-order valence-electron chi connectivity index (χ4n) is 4.20. The molecule has 0 bridgehead atoms. The van der Waals surface area contributed by atoms with E-state index in [1.807, 2.05) is 42.3 Å². The van der Waals surface area contributed by atoms with E-state index in [4.69, 9.17) is 21.3 Å². The molecule has 1 aromatic carbocycles. The number of nitrogens with zero attached hydrogens (tertiary/aromatic N) is 4. The van der Waals surface area contributed by atoms with Gasteiger partial charge in [0.2, 0.25) is 5.88 Å². The SMILES string of the molecule is C/C(N)=C(\c1cccc(Oc2cc(C)cc(C)c2)n1)N(N)C1CCN(CCN(C)C)CC1. The van der Waals surface area contributed by atoms with Gasteiger partial charge in [-0.15, -0.1) is 0 Å². The van der Waals surface area contributed by atoms with Gasteiger partial charge in [0.15, 0.2) is 0 Å². The first kappa shape index (κ1) is 24.0. The second kappa shape index (κ2) is 10.8. The van der Waals surface area contributed by atoms with Crippen molar-refractivity contribution in [2.75, 3.05) is 40.3 Å². The lowest BCUT2D eigenvalue weighted by atomic mass is 10.0. The summed E-state index contributed by atoms with van der Waals surface area (Å²) in [5.74, 6) is 7.92. The molecule has 3 rings (SSSR count). The van der Waals surface area contributed by atoms with E-state index in [9.17, 15) is 0 Å². The minimum Gasteiger partial charge on any atom is -0.439 e. The van der Waals surface area contributed by atoms with Crippen LogP contribution in [0.4, 0.5) is 0 Å². The predicted octanol–water partition coefficient (Wildman–Crippen LogP) is 3.34. The molecule has 0 saturated carbocycles. The second-order valence-electron chi connectivity index (χ2n) is 9.10. The van der Waals surface area contributed by atoms with E-state index in [0.717, 1.165) is 67.3 Å². The maximum absolute atomic E-state index is 6.62.